The number of hydrogen-bond donors (Lipinski definition) is 1. The predicted molar refractivity (Wildman–Crippen MR) is 144 cm³/mol. The molecular weight excluding hydrogens is 541 g/mol. The summed E-state index contributed by atoms with van der Waals surface area (Å²) in [6.45, 7) is 7.90. The number of fused-ring (bicyclic) bond motifs is 1. The molecule has 0 bridgehead atoms. The first kappa shape index (κ1) is 28.9. The number of rotatable bonds is 9. The molecule has 0 spiro atoms. The van der Waals surface area contributed by atoms with E-state index in [2.05, 4.69) is 5.32 Å². The maximum absolute atomic E-state index is 13.8. The lowest BCUT2D eigenvalue weighted by Crippen LogP contribution is -2.54. The molecule has 0 fully saturated rings. The van der Waals surface area contributed by atoms with E-state index in [0.717, 1.165) is 4.31 Å². The molecule has 0 aromatic heterocycles. The Hall–Kier alpha value is -2.69. The quantitative estimate of drug-likeness (QED) is 0.483. The van der Waals surface area contributed by atoms with E-state index in [0.29, 0.717) is 27.1 Å². The second-order valence-electron chi connectivity index (χ2n) is 9.58. The van der Waals surface area contributed by atoms with Crippen molar-refractivity contribution in [2.24, 2.45) is 0 Å². The van der Waals surface area contributed by atoms with Gasteiger partial charge in [0.05, 0.1) is 11.4 Å². The Balaban J connectivity index is 1.99. The fourth-order valence-electron chi connectivity index (χ4n) is 3.67. The molecule has 1 aliphatic rings. The standard InChI is InChI=1S/C25H31Cl2N3O6S/c1-6-37(33,34)30(17-10-11-21-22(12-17)36-15-35-21)14-23(31)29(16(2)24(32)28-25(3,4)5)13-18-19(26)8-7-9-20(18)27/h7-12,16H,6,13-15H2,1-5H3,(H,28,32)/t16-/m1/s1. The van der Waals surface area contributed by atoms with E-state index in [-0.39, 0.29) is 24.8 Å². The molecule has 2 amide bonds. The van der Waals surface area contributed by atoms with Crippen LogP contribution in [0.4, 0.5) is 5.69 Å². The predicted octanol–water partition coefficient (Wildman–Crippen LogP) is 4.21. The highest BCUT2D eigenvalue weighted by Crippen LogP contribution is 2.36. The van der Waals surface area contributed by atoms with Gasteiger partial charge in [0.25, 0.3) is 0 Å². The van der Waals surface area contributed by atoms with E-state index in [1.165, 1.54) is 17.9 Å². The molecule has 0 saturated carbocycles. The van der Waals surface area contributed by atoms with Crippen LogP contribution in [0.15, 0.2) is 36.4 Å². The number of ether oxygens (including phenoxy) is 2. The molecule has 1 aliphatic heterocycles. The highest BCUT2D eigenvalue weighted by atomic mass is 35.5. The maximum Gasteiger partial charge on any atom is 0.244 e. The Labute approximate surface area is 227 Å². The van der Waals surface area contributed by atoms with Gasteiger partial charge in [0.15, 0.2) is 11.5 Å². The second kappa shape index (κ2) is 11.4. The lowest BCUT2D eigenvalue weighted by Gasteiger charge is -2.33. The highest BCUT2D eigenvalue weighted by Gasteiger charge is 2.33. The largest absolute Gasteiger partial charge is 0.454 e. The van der Waals surface area contributed by atoms with Gasteiger partial charge < -0.3 is 19.7 Å². The molecule has 0 unspecified atom stereocenters. The van der Waals surface area contributed by atoms with Crippen molar-refractivity contribution in [2.75, 3.05) is 23.4 Å². The average Bonchev–Trinajstić information content (AvgIpc) is 3.28. The molecule has 12 heteroatoms. The number of halogens is 2. The minimum atomic E-state index is -3.89. The van der Waals surface area contributed by atoms with E-state index in [9.17, 15) is 18.0 Å². The summed E-state index contributed by atoms with van der Waals surface area (Å²) in [5.74, 6) is -0.407. The number of anilines is 1. The summed E-state index contributed by atoms with van der Waals surface area (Å²) in [4.78, 5) is 28.1. The third-order valence-corrected chi connectivity index (χ3v) is 8.13. The topological polar surface area (TPSA) is 105 Å². The number of sulfonamides is 1. The Morgan fingerprint density at radius 3 is 2.30 bits per heavy atom. The molecule has 2 aromatic carbocycles. The lowest BCUT2D eigenvalue weighted by atomic mass is 10.1. The fraction of sp³-hybridized carbons (Fsp3) is 0.440. The van der Waals surface area contributed by atoms with Gasteiger partial charge in [-0.1, -0.05) is 29.3 Å². The molecule has 9 nitrogen and oxygen atoms in total. The van der Waals surface area contributed by atoms with Crippen LogP contribution in [0.5, 0.6) is 11.5 Å². The van der Waals surface area contributed by atoms with Gasteiger partial charge in [0.1, 0.15) is 12.6 Å². The molecule has 1 heterocycles. The number of hydrogen-bond acceptors (Lipinski definition) is 6. The van der Waals surface area contributed by atoms with Crippen molar-refractivity contribution in [3.05, 3.63) is 52.0 Å². The van der Waals surface area contributed by atoms with Crippen molar-refractivity contribution in [1.29, 1.82) is 0 Å². The van der Waals surface area contributed by atoms with Gasteiger partial charge >= 0.3 is 0 Å². The molecule has 2 aromatic rings. The van der Waals surface area contributed by atoms with Crippen molar-refractivity contribution in [3.8, 4) is 11.5 Å². The fourth-order valence-corrected chi connectivity index (χ4v) is 5.24. The van der Waals surface area contributed by atoms with Crippen LogP contribution in [0.3, 0.4) is 0 Å². The third kappa shape index (κ3) is 7.00. The molecule has 1 atom stereocenters. The van der Waals surface area contributed by atoms with Crippen molar-refractivity contribution in [2.45, 2.75) is 52.7 Å². The van der Waals surface area contributed by atoms with Crippen molar-refractivity contribution >= 4 is 50.7 Å². The van der Waals surface area contributed by atoms with Gasteiger partial charge in [-0.05, 0) is 58.9 Å². The van der Waals surface area contributed by atoms with E-state index >= 15 is 0 Å². The first-order valence-electron chi connectivity index (χ1n) is 11.7. The second-order valence-corrected chi connectivity index (χ2v) is 12.6. The van der Waals surface area contributed by atoms with Crippen molar-refractivity contribution in [3.63, 3.8) is 0 Å². The number of carbonyl (C=O) groups is 2. The van der Waals surface area contributed by atoms with E-state index in [1.807, 2.05) is 20.8 Å². The number of amides is 2. The summed E-state index contributed by atoms with van der Waals surface area (Å²) in [5.41, 5.74) is 0.135. The van der Waals surface area contributed by atoms with Crippen LogP contribution >= 0.6 is 23.2 Å². The van der Waals surface area contributed by atoms with Crippen LogP contribution < -0.4 is 19.1 Å². The summed E-state index contributed by atoms with van der Waals surface area (Å²) in [6, 6.07) is 8.61. The molecule has 1 N–H and O–H groups in total. The van der Waals surface area contributed by atoms with Gasteiger partial charge in [-0.15, -0.1) is 0 Å². The molecule has 37 heavy (non-hydrogen) atoms. The van der Waals surface area contributed by atoms with Gasteiger partial charge in [0.2, 0.25) is 28.6 Å². The summed E-state index contributed by atoms with van der Waals surface area (Å²) in [7, 11) is -3.89. The summed E-state index contributed by atoms with van der Waals surface area (Å²) in [5, 5.41) is 3.51. The number of carbonyl (C=O) groups excluding carboxylic acids is 2. The Morgan fingerprint density at radius 1 is 1.08 bits per heavy atom. The number of nitrogens with one attached hydrogen (secondary N) is 1. The van der Waals surface area contributed by atoms with Crippen molar-refractivity contribution in [1.82, 2.24) is 10.2 Å². The zero-order chi connectivity index (χ0) is 27.5. The molecule has 0 aliphatic carbocycles. The van der Waals surface area contributed by atoms with Crippen LogP contribution in [-0.2, 0) is 26.2 Å². The van der Waals surface area contributed by atoms with Crippen LogP contribution in [0.1, 0.15) is 40.2 Å². The Kier molecular flexibility index (Phi) is 8.87. The smallest absolute Gasteiger partial charge is 0.244 e. The van der Waals surface area contributed by atoms with Crippen LogP contribution in [0.25, 0.3) is 0 Å². The van der Waals surface area contributed by atoms with Gasteiger partial charge in [-0.2, -0.15) is 0 Å². The Morgan fingerprint density at radius 2 is 1.70 bits per heavy atom. The van der Waals surface area contributed by atoms with Crippen LogP contribution in [-0.4, -0.2) is 55.8 Å². The maximum atomic E-state index is 13.8. The third-order valence-electron chi connectivity index (χ3n) is 5.68. The molecule has 0 radical (unpaired) electrons. The monoisotopic (exact) mass is 571 g/mol. The molecule has 0 saturated heterocycles. The minimum absolute atomic E-state index is 0.0189. The zero-order valence-electron chi connectivity index (χ0n) is 21.4. The first-order valence-corrected chi connectivity index (χ1v) is 14.0. The van der Waals surface area contributed by atoms with Crippen molar-refractivity contribution < 1.29 is 27.5 Å². The lowest BCUT2D eigenvalue weighted by molar-refractivity contribution is -0.140. The highest BCUT2D eigenvalue weighted by molar-refractivity contribution is 7.92. The van der Waals surface area contributed by atoms with E-state index in [1.54, 1.807) is 37.3 Å². The van der Waals surface area contributed by atoms with E-state index in [4.69, 9.17) is 32.7 Å². The zero-order valence-corrected chi connectivity index (χ0v) is 23.7. The SMILES string of the molecule is CCS(=O)(=O)N(CC(=O)N(Cc1c(Cl)cccc1Cl)[C@H](C)C(=O)NC(C)(C)C)c1ccc2c(c1)OCO2. The molecule has 202 valence electrons. The van der Waals surface area contributed by atoms with Crippen LogP contribution in [0, 0.1) is 0 Å². The van der Waals surface area contributed by atoms with Gasteiger partial charge in [-0.3, -0.25) is 13.9 Å². The number of benzene rings is 2. The number of nitrogens with zero attached hydrogens (tertiary/aromatic N) is 2. The van der Waals surface area contributed by atoms with E-state index < -0.39 is 40.0 Å². The molecule has 3 rings (SSSR count). The normalized spacial score (nSPS) is 13.7. The van der Waals surface area contributed by atoms with Crippen LogP contribution in [0.2, 0.25) is 10.0 Å². The summed E-state index contributed by atoms with van der Waals surface area (Å²) >= 11 is 12.7. The Bertz CT molecular complexity index is 1260. The average molecular weight is 573 g/mol. The van der Waals surface area contributed by atoms with Gasteiger partial charge in [0, 0.05) is 33.8 Å². The molecular formula is C25H31Cl2N3O6S. The summed E-state index contributed by atoms with van der Waals surface area (Å²) < 4.78 is 37.9. The van der Waals surface area contributed by atoms with Gasteiger partial charge in [-0.25, -0.2) is 8.42 Å². The first-order chi connectivity index (χ1) is 17.2. The minimum Gasteiger partial charge on any atom is -0.454 e. The summed E-state index contributed by atoms with van der Waals surface area (Å²) in [6.07, 6.45) is 0.